The molecule has 8 heteroatoms. The third kappa shape index (κ3) is 4.12. The van der Waals surface area contributed by atoms with Gasteiger partial charge in [0, 0.05) is 32.1 Å². The van der Waals surface area contributed by atoms with E-state index in [2.05, 4.69) is 5.10 Å². The van der Waals surface area contributed by atoms with Crippen molar-refractivity contribution < 1.29 is 24.2 Å². The average molecular weight is 295 g/mol. The summed E-state index contributed by atoms with van der Waals surface area (Å²) in [4.78, 5) is 36.0. The van der Waals surface area contributed by atoms with Crippen molar-refractivity contribution in [3.63, 3.8) is 0 Å². The molecule has 0 unspecified atom stereocenters. The van der Waals surface area contributed by atoms with Gasteiger partial charge in [0.05, 0.1) is 13.2 Å². The summed E-state index contributed by atoms with van der Waals surface area (Å²) in [5.41, 5.74) is 0.212. The molecule has 2 heterocycles. The van der Waals surface area contributed by atoms with Crippen LogP contribution in [0.1, 0.15) is 34.5 Å². The van der Waals surface area contributed by atoms with Crippen molar-refractivity contribution in [2.45, 2.75) is 19.3 Å². The van der Waals surface area contributed by atoms with Crippen LogP contribution in [0, 0.1) is 0 Å². The molecule has 0 bridgehead atoms. The first kappa shape index (κ1) is 15.2. The van der Waals surface area contributed by atoms with Crippen molar-refractivity contribution in [2.75, 3.05) is 26.3 Å². The summed E-state index contributed by atoms with van der Waals surface area (Å²) in [5, 5.41) is 12.5. The zero-order chi connectivity index (χ0) is 15.2. The van der Waals surface area contributed by atoms with Gasteiger partial charge in [0.2, 0.25) is 5.91 Å². The van der Waals surface area contributed by atoms with E-state index < -0.39 is 5.97 Å². The smallest absolute Gasteiger partial charge is 0.303 e. The van der Waals surface area contributed by atoms with Gasteiger partial charge >= 0.3 is 5.97 Å². The lowest BCUT2D eigenvalue weighted by molar-refractivity contribution is -0.137. The maximum absolute atomic E-state index is 12.1. The molecule has 0 aromatic carbocycles. The molecule has 1 N–H and O–H groups in total. The number of morpholine rings is 1. The van der Waals surface area contributed by atoms with E-state index in [1.165, 1.54) is 12.3 Å². The fourth-order valence-corrected chi connectivity index (χ4v) is 2.01. The van der Waals surface area contributed by atoms with Crippen molar-refractivity contribution >= 4 is 17.8 Å². The van der Waals surface area contributed by atoms with E-state index in [0.29, 0.717) is 26.3 Å². The molecule has 1 aliphatic rings. The third-order valence-electron chi connectivity index (χ3n) is 3.14. The van der Waals surface area contributed by atoms with Crippen molar-refractivity contribution in [1.82, 2.24) is 14.7 Å². The predicted molar refractivity (Wildman–Crippen MR) is 71.1 cm³/mol. The van der Waals surface area contributed by atoms with Gasteiger partial charge in [-0.1, -0.05) is 0 Å². The average Bonchev–Trinajstić information content (AvgIpc) is 2.97. The van der Waals surface area contributed by atoms with Crippen molar-refractivity contribution in [3.05, 3.63) is 18.0 Å². The summed E-state index contributed by atoms with van der Waals surface area (Å²) in [5.74, 6) is -1.49. The first-order valence-electron chi connectivity index (χ1n) is 6.75. The second-order valence-corrected chi connectivity index (χ2v) is 4.69. The van der Waals surface area contributed by atoms with E-state index in [1.807, 2.05) is 0 Å². The summed E-state index contributed by atoms with van der Waals surface area (Å²) in [6, 6.07) is 1.49. The monoisotopic (exact) mass is 295 g/mol. The van der Waals surface area contributed by atoms with E-state index in [9.17, 15) is 14.4 Å². The van der Waals surface area contributed by atoms with Gasteiger partial charge in [-0.05, 0) is 12.5 Å². The number of carbonyl (C=O) groups is 3. The number of carboxylic acids is 1. The molecule has 0 spiro atoms. The van der Waals surface area contributed by atoms with Crippen LogP contribution in [0.3, 0.4) is 0 Å². The van der Waals surface area contributed by atoms with Gasteiger partial charge in [0.1, 0.15) is 0 Å². The normalized spacial score (nSPS) is 15.0. The molecule has 1 aromatic rings. The number of ether oxygens (including phenoxy) is 1. The minimum Gasteiger partial charge on any atom is -0.481 e. The lowest BCUT2D eigenvalue weighted by Gasteiger charge is -2.25. The van der Waals surface area contributed by atoms with Gasteiger partial charge in [-0.3, -0.25) is 14.4 Å². The van der Waals surface area contributed by atoms with Crippen LogP contribution in [0.4, 0.5) is 0 Å². The molecule has 0 radical (unpaired) electrons. The molecule has 2 rings (SSSR count). The second-order valence-electron chi connectivity index (χ2n) is 4.69. The first-order chi connectivity index (χ1) is 10.1. The van der Waals surface area contributed by atoms with Gasteiger partial charge in [0.25, 0.3) is 5.91 Å². The summed E-state index contributed by atoms with van der Waals surface area (Å²) in [6.07, 6.45) is 1.70. The van der Waals surface area contributed by atoms with Crippen LogP contribution in [0.2, 0.25) is 0 Å². The van der Waals surface area contributed by atoms with Crippen molar-refractivity contribution in [1.29, 1.82) is 0 Å². The van der Waals surface area contributed by atoms with Crippen LogP contribution in [0.15, 0.2) is 12.3 Å². The number of aliphatic carboxylic acids is 1. The Morgan fingerprint density at radius 1 is 1.24 bits per heavy atom. The van der Waals surface area contributed by atoms with Gasteiger partial charge in [0.15, 0.2) is 5.69 Å². The minimum atomic E-state index is -0.938. The molecule has 0 saturated carbocycles. The van der Waals surface area contributed by atoms with Gasteiger partial charge in [-0.2, -0.15) is 5.10 Å². The second kappa shape index (κ2) is 6.98. The van der Waals surface area contributed by atoms with Gasteiger partial charge in [-0.25, -0.2) is 4.68 Å². The van der Waals surface area contributed by atoms with Crippen molar-refractivity contribution in [2.24, 2.45) is 0 Å². The lowest BCUT2D eigenvalue weighted by atomic mass is 10.2. The number of carboxylic acid groups (broad SMARTS) is 1. The van der Waals surface area contributed by atoms with E-state index in [1.54, 1.807) is 4.90 Å². The molecule has 1 fully saturated rings. The molecule has 21 heavy (non-hydrogen) atoms. The first-order valence-corrected chi connectivity index (χ1v) is 6.75. The highest BCUT2D eigenvalue weighted by Crippen LogP contribution is 2.06. The van der Waals surface area contributed by atoms with Crippen LogP contribution in [-0.2, 0) is 9.53 Å². The Balaban J connectivity index is 1.92. The van der Waals surface area contributed by atoms with Crippen LogP contribution in [0.5, 0.6) is 0 Å². The molecule has 1 aliphatic heterocycles. The summed E-state index contributed by atoms with van der Waals surface area (Å²) in [6.45, 7) is 2.03. The van der Waals surface area contributed by atoms with Crippen LogP contribution in [-0.4, -0.2) is 63.9 Å². The third-order valence-corrected chi connectivity index (χ3v) is 3.14. The number of amides is 1. The Kier molecular flexibility index (Phi) is 5.04. The van der Waals surface area contributed by atoms with Crippen molar-refractivity contribution in [3.8, 4) is 0 Å². The van der Waals surface area contributed by atoms with Crippen LogP contribution < -0.4 is 0 Å². The molecule has 1 amide bonds. The Bertz CT molecular complexity index is 534. The quantitative estimate of drug-likeness (QED) is 0.835. The molecule has 1 saturated heterocycles. The standard InChI is InChI=1S/C13H17N3O5/c17-11(2-1-3-12(18)19)16-5-4-10(14-16)13(20)15-6-8-21-9-7-15/h4-5H,1-3,6-9H2,(H,18,19). The topological polar surface area (TPSA) is 102 Å². The van der Waals surface area contributed by atoms with Gasteiger partial charge < -0.3 is 14.7 Å². The minimum absolute atomic E-state index is 0.0629. The molecular weight excluding hydrogens is 278 g/mol. The zero-order valence-corrected chi connectivity index (χ0v) is 11.5. The highest BCUT2D eigenvalue weighted by atomic mass is 16.5. The lowest BCUT2D eigenvalue weighted by Crippen LogP contribution is -2.40. The summed E-state index contributed by atoms with van der Waals surface area (Å²) >= 11 is 0. The Hall–Kier alpha value is -2.22. The highest BCUT2D eigenvalue weighted by Gasteiger charge is 2.21. The van der Waals surface area contributed by atoms with Crippen LogP contribution >= 0.6 is 0 Å². The Labute approximate surface area is 121 Å². The van der Waals surface area contributed by atoms with E-state index in [4.69, 9.17) is 9.84 Å². The number of carbonyl (C=O) groups excluding carboxylic acids is 2. The highest BCUT2D eigenvalue weighted by molar-refractivity contribution is 5.93. The van der Waals surface area contributed by atoms with E-state index in [0.717, 1.165) is 4.68 Å². The Morgan fingerprint density at radius 2 is 1.95 bits per heavy atom. The fraction of sp³-hybridized carbons (Fsp3) is 0.538. The molecule has 114 valence electrons. The number of rotatable bonds is 5. The maximum Gasteiger partial charge on any atom is 0.303 e. The molecular formula is C13H17N3O5. The number of hydrogen-bond acceptors (Lipinski definition) is 5. The summed E-state index contributed by atoms with van der Waals surface area (Å²) in [7, 11) is 0. The number of hydrogen-bond donors (Lipinski definition) is 1. The molecule has 0 aliphatic carbocycles. The van der Waals surface area contributed by atoms with Gasteiger partial charge in [-0.15, -0.1) is 0 Å². The maximum atomic E-state index is 12.1. The molecule has 8 nitrogen and oxygen atoms in total. The molecule has 0 atom stereocenters. The fourth-order valence-electron chi connectivity index (χ4n) is 2.01. The van der Waals surface area contributed by atoms with Crippen LogP contribution in [0.25, 0.3) is 0 Å². The number of aromatic nitrogens is 2. The summed E-state index contributed by atoms with van der Waals surface area (Å²) < 4.78 is 6.26. The van der Waals surface area contributed by atoms with E-state index >= 15 is 0 Å². The largest absolute Gasteiger partial charge is 0.481 e. The number of nitrogens with zero attached hydrogens (tertiary/aromatic N) is 3. The zero-order valence-electron chi connectivity index (χ0n) is 11.5. The molecule has 1 aromatic heterocycles. The predicted octanol–water partition coefficient (Wildman–Crippen LogP) is 0.251. The SMILES string of the molecule is O=C(O)CCCC(=O)n1ccc(C(=O)N2CCOCC2)n1. The Morgan fingerprint density at radius 3 is 2.62 bits per heavy atom. The van der Waals surface area contributed by atoms with E-state index in [-0.39, 0.29) is 36.8 Å².